The normalized spacial score (nSPS) is 13.5. The number of ether oxygens (including phenoxy) is 1. The monoisotopic (exact) mass is 338 g/mol. The lowest BCUT2D eigenvalue weighted by Crippen LogP contribution is -2.37. The van der Waals surface area contributed by atoms with Crippen molar-refractivity contribution in [3.63, 3.8) is 0 Å². The SMILES string of the molecule is Cc1ccc([C@@H](C)CNC(=O)C(=O)Nc2ccc3c(c2)CCO3)cc1. The molecule has 0 spiro atoms. The Morgan fingerprint density at radius 3 is 2.64 bits per heavy atom. The second-order valence-electron chi connectivity index (χ2n) is 6.40. The number of amides is 2. The van der Waals surface area contributed by atoms with Gasteiger partial charge in [-0.15, -0.1) is 0 Å². The van der Waals surface area contributed by atoms with Crippen LogP contribution in [0.1, 0.15) is 29.5 Å². The number of carbonyl (C=O) groups excluding carboxylic acids is 2. The zero-order valence-electron chi connectivity index (χ0n) is 14.5. The summed E-state index contributed by atoms with van der Waals surface area (Å²) in [4.78, 5) is 24.1. The summed E-state index contributed by atoms with van der Waals surface area (Å²) < 4.78 is 5.43. The van der Waals surface area contributed by atoms with Gasteiger partial charge in [0.2, 0.25) is 0 Å². The van der Waals surface area contributed by atoms with Crippen LogP contribution in [-0.4, -0.2) is 25.0 Å². The molecule has 130 valence electrons. The number of anilines is 1. The van der Waals surface area contributed by atoms with Gasteiger partial charge >= 0.3 is 11.8 Å². The van der Waals surface area contributed by atoms with Crippen molar-refractivity contribution in [2.45, 2.75) is 26.2 Å². The van der Waals surface area contributed by atoms with E-state index in [4.69, 9.17) is 4.74 Å². The number of hydrogen-bond donors (Lipinski definition) is 2. The zero-order chi connectivity index (χ0) is 17.8. The van der Waals surface area contributed by atoms with Crippen LogP contribution in [0.4, 0.5) is 5.69 Å². The Balaban J connectivity index is 1.52. The van der Waals surface area contributed by atoms with Gasteiger partial charge in [-0.2, -0.15) is 0 Å². The predicted molar refractivity (Wildman–Crippen MR) is 96.9 cm³/mol. The molecule has 2 aromatic carbocycles. The maximum atomic E-state index is 12.1. The quantitative estimate of drug-likeness (QED) is 0.843. The molecule has 5 nitrogen and oxygen atoms in total. The highest BCUT2D eigenvalue weighted by Crippen LogP contribution is 2.27. The van der Waals surface area contributed by atoms with Crippen LogP contribution in [0.25, 0.3) is 0 Å². The number of benzene rings is 2. The van der Waals surface area contributed by atoms with Crippen LogP contribution in [-0.2, 0) is 16.0 Å². The number of fused-ring (bicyclic) bond motifs is 1. The van der Waals surface area contributed by atoms with E-state index in [1.165, 1.54) is 5.56 Å². The van der Waals surface area contributed by atoms with Gasteiger partial charge < -0.3 is 15.4 Å². The zero-order valence-corrected chi connectivity index (χ0v) is 14.5. The molecule has 0 fully saturated rings. The van der Waals surface area contributed by atoms with Crippen LogP contribution in [0.3, 0.4) is 0 Å². The molecule has 0 saturated carbocycles. The standard InChI is InChI=1S/C20H22N2O3/c1-13-3-5-15(6-4-13)14(2)12-21-19(23)20(24)22-17-7-8-18-16(11-17)9-10-25-18/h3-8,11,14H,9-10,12H2,1-2H3,(H,21,23)(H,22,24)/t14-/m0/s1. The van der Waals surface area contributed by atoms with E-state index in [0.717, 1.165) is 23.3 Å². The van der Waals surface area contributed by atoms with Gasteiger partial charge in [0, 0.05) is 18.7 Å². The Hall–Kier alpha value is -2.82. The number of hydrogen-bond acceptors (Lipinski definition) is 3. The second kappa shape index (κ2) is 7.38. The molecule has 3 rings (SSSR count). The minimum absolute atomic E-state index is 0.134. The Morgan fingerprint density at radius 2 is 1.88 bits per heavy atom. The van der Waals surface area contributed by atoms with E-state index in [1.807, 2.05) is 50.2 Å². The lowest BCUT2D eigenvalue weighted by atomic mass is 10.00. The molecule has 1 aliphatic heterocycles. The summed E-state index contributed by atoms with van der Waals surface area (Å²) in [5.74, 6) is -0.311. The van der Waals surface area contributed by atoms with Crippen molar-refractivity contribution in [3.05, 3.63) is 59.2 Å². The highest BCUT2D eigenvalue weighted by atomic mass is 16.5. The molecule has 0 saturated heterocycles. The van der Waals surface area contributed by atoms with Crippen LogP contribution in [0, 0.1) is 6.92 Å². The molecule has 25 heavy (non-hydrogen) atoms. The van der Waals surface area contributed by atoms with Gasteiger partial charge in [0.25, 0.3) is 0 Å². The molecule has 1 aliphatic rings. The number of carbonyl (C=O) groups is 2. The largest absolute Gasteiger partial charge is 0.493 e. The van der Waals surface area contributed by atoms with E-state index >= 15 is 0 Å². The van der Waals surface area contributed by atoms with Crippen molar-refractivity contribution in [2.75, 3.05) is 18.5 Å². The van der Waals surface area contributed by atoms with E-state index in [2.05, 4.69) is 10.6 Å². The fourth-order valence-electron chi connectivity index (χ4n) is 2.79. The Labute approximate surface area is 147 Å². The summed E-state index contributed by atoms with van der Waals surface area (Å²) in [5.41, 5.74) is 3.98. The second-order valence-corrected chi connectivity index (χ2v) is 6.40. The first kappa shape index (κ1) is 17.0. The minimum Gasteiger partial charge on any atom is -0.493 e. The van der Waals surface area contributed by atoms with Crippen LogP contribution in [0.2, 0.25) is 0 Å². The molecule has 2 N–H and O–H groups in total. The van der Waals surface area contributed by atoms with Gasteiger partial charge in [-0.05, 0) is 42.2 Å². The first-order valence-electron chi connectivity index (χ1n) is 8.44. The predicted octanol–water partition coefficient (Wildman–Crippen LogP) is 2.79. The molecular weight excluding hydrogens is 316 g/mol. The van der Waals surface area contributed by atoms with Crippen LogP contribution < -0.4 is 15.4 Å². The van der Waals surface area contributed by atoms with Crippen LogP contribution >= 0.6 is 0 Å². The van der Waals surface area contributed by atoms with E-state index in [-0.39, 0.29) is 5.92 Å². The number of aryl methyl sites for hydroxylation is 1. The third-order valence-corrected chi connectivity index (χ3v) is 4.37. The molecule has 0 bridgehead atoms. The Bertz CT molecular complexity index is 784. The van der Waals surface area contributed by atoms with Gasteiger partial charge in [-0.3, -0.25) is 9.59 Å². The minimum atomic E-state index is -0.657. The highest BCUT2D eigenvalue weighted by molar-refractivity contribution is 6.39. The third-order valence-electron chi connectivity index (χ3n) is 4.37. The number of nitrogens with one attached hydrogen (secondary N) is 2. The molecule has 5 heteroatoms. The van der Waals surface area contributed by atoms with Crippen molar-refractivity contribution in [2.24, 2.45) is 0 Å². The summed E-state index contributed by atoms with van der Waals surface area (Å²) >= 11 is 0. The van der Waals surface area contributed by atoms with E-state index < -0.39 is 11.8 Å². The number of rotatable bonds is 4. The molecule has 2 amide bonds. The van der Waals surface area contributed by atoms with Crippen molar-refractivity contribution < 1.29 is 14.3 Å². The molecule has 0 unspecified atom stereocenters. The van der Waals surface area contributed by atoms with Crippen molar-refractivity contribution >= 4 is 17.5 Å². The van der Waals surface area contributed by atoms with Gasteiger partial charge in [0.1, 0.15) is 5.75 Å². The van der Waals surface area contributed by atoms with E-state index in [9.17, 15) is 9.59 Å². The summed E-state index contributed by atoms with van der Waals surface area (Å²) in [6, 6.07) is 13.6. The van der Waals surface area contributed by atoms with Gasteiger partial charge in [-0.1, -0.05) is 36.8 Å². The van der Waals surface area contributed by atoms with Crippen molar-refractivity contribution in [1.29, 1.82) is 0 Å². The topological polar surface area (TPSA) is 67.4 Å². The third kappa shape index (κ3) is 4.18. The van der Waals surface area contributed by atoms with Crippen molar-refractivity contribution in [1.82, 2.24) is 5.32 Å². The molecule has 1 atom stereocenters. The summed E-state index contributed by atoms with van der Waals surface area (Å²) in [6.45, 7) is 5.12. The fourth-order valence-corrected chi connectivity index (χ4v) is 2.79. The smallest absolute Gasteiger partial charge is 0.313 e. The first-order valence-corrected chi connectivity index (χ1v) is 8.44. The molecule has 0 aliphatic carbocycles. The summed E-state index contributed by atoms with van der Waals surface area (Å²) in [6.07, 6.45) is 0.819. The van der Waals surface area contributed by atoms with E-state index in [1.54, 1.807) is 6.07 Å². The maximum absolute atomic E-state index is 12.1. The molecule has 0 aromatic heterocycles. The van der Waals surface area contributed by atoms with E-state index in [0.29, 0.717) is 18.8 Å². The highest BCUT2D eigenvalue weighted by Gasteiger charge is 2.17. The average molecular weight is 338 g/mol. The lowest BCUT2D eigenvalue weighted by molar-refractivity contribution is -0.136. The molecule has 0 radical (unpaired) electrons. The van der Waals surface area contributed by atoms with Crippen LogP contribution in [0.5, 0.6) is 5.75 Å². The van der Waals surface area contributed by atoms with Gasteiger partial charge in [-0.25, -0.2) is 0 Å². The lowest BCUT2D eigenvalue weighted by Gasteiger charge is -2.13. The van der Waals surface area contributed by atoms with Gasteiger partial charge in [0.05, 0.1) is 6.61 Å². The van der Waals surface area contributed by atoms with Crippen molar-refractivity contribution in [3.8, 4) is 5.75 Å². The Morgan fingerprint density at radius 1 is 1.12 bits per heavy atom. The Kier molecular flexibility index (Phi) is 5.03. The maximum Gasteiger partial charge on any atom is 0.313 e. The molecule has 1 heterocycles. The van der Waals surface area contributed by atoms with Crippen LogP contribution in [0.15, 0.2) is 42.5 Å². The summed E-state index contributed by atoms with van der Waals surface area (Å²) in [7, 11) is 0. The average Bonchev–Trinajstić information content (AvgIpc) is 3.07. The molecule has 2 aromatic rings. The molecular formula is C20H22N2O3. The first-order chi connectivity index (χ1) is 12.0. The van der Waals surface area contributed by atoms with Gasteiger partial charge in [0.15, 0.2) is 0 Å². The fraction of sp³-hybridized carbons (Fsp3) is 0.300. The summed E-state index contributed by atoms with van der Waals surface area (Å²) in [5, 5.41) is 5.33.